The standard InChI is InChI=1S/C21H28BrN3O4S/c1-4-25(5-2)13-12-23-21(26)16-8-7-9-18(14-16)30(27,28)24-17-10-11-20(29-6-3)19(22)15-17/h7-11,14-15,24H,4-6,12-13H2,1-3H3,(H,23,26). The fraction of sp³-hybridized carbons (Fsp3) is 0.381. The van der Waals surface area contributed by atoms with Crippen LogP contribution < -0.4 is 14.8 Å². The number of hydrogen-bond donors (Lipinski definition) is 2. The number of nitrogens with one attached hydrogen (secondary N) is 2. The van der Waals surface area contributed by atoms with Gasteiger partial charge in [0.15, 0.2) is 0 Å². The molecule has 0 bridgehead atoms. The molecule has 30 heavy (non-hydrogen) atoms. The van der Waals surface area contributed by atoms with Crippen molar-refractivity contribution in [2.24, 2.45) is 0 Å². The van der Waals surface area contributed by atoms with Crippen LogP contribution in [-0.2, 0) is 10.0 Å². The van der Waals surface area contributed by atoms with E-state index in [-0.39, 0.29) is 10.8 Å². The lowest BCUT2D eigenvalue weighted by Crippen LogP contribution is -2.34. The smallest absolute Gasteiger partial charge is 0.261 e. The molecule has 0 aliphatic rings. The summed E-state index contributed by atoms with van der Waals surface area (Å²) in [5, 5.41) is 2.84. The minimum atomic E-state index is -3.85. The Hall–Kier alpha value is -2.10. The Bertz CT molecular complexity index is 962. The second-order valence-electron chi connectivity index (χ2n) is 6.49. The summed E-state index contributed by atoms with van der Waals surface area (Å²) in [6.45, 7) is 9.57. The SMILES string of the molecule is CCOc1ccc(NS(=O)(=O)c2cccc(C(=O)NCCN(CC)CC)c2)cc1Br. The molecule has 0 unspecified atom stereocenters. The number of rotatable bonds is 11. The number of hydrogen-bond acceptors (Lipinski definition) is 5. The zero-order valence-corrected chi connectivity index (χ0v) is 19.8. The number of ether oxygens (including phenoxy) is 1. The van der Waals surface area contributed by atoms with Crippen molar-refractivity contribution in [2.75, 3.05) is 37.5 Å². The average Bonchev–Trinajstić information content (AvgIpc) is 2.73. The van der Waals surface area contributed by atoms with Crippen LogP contribution in [0.1, 0.15) is 31.1 Å². The largest absolute Gasteiger partial charge is 0.493 e. The third-order valence-electron chi connectivity index (χ3n) is 4.50. The predicted octanol–water partition coefficient (Wildman–Crippen LogP) is 3.72. The molecule has 0 aliphatic carbocycles. The molecule has 0 saturated carbocycles. The molecular weight excluding hydrogens is 470 g/mol. The molecule has 0 saturated heterocycles. The highest BCUT2D eigenvalue weighted by molar-refractivity contribution is 9.10. The molecule has 164 valence electrons. The molecule has 0 heterocycles. The van der Waals surface area contributed by atoms with E-state index in [0.29, 0.717) is 34.6 Å². The number of benzene rings is 2. The average molecular weight is 498 g/mol. The molecule has 2 aromatic carbocycles. The van der Waals surface area contributed by atoms with Crippen LogP contribution in [0.4, 0.5) is 5.69 Å². The third-order valence-corrected chi connectivity index (χ3v) is 6.50. The van der Waals surface area contributed by atoms with Crippen molar-refractivity contribution in [1.82, 2.24) is 10.2 Å². The Kier molecular flexibility index (Phi) is 9.13. The van der Waals surface area contributed by atoms with Crippen LogP contribution in [0.3, 0.4) is 0 Å². The van der Waals surface area contributed by atoms with E-state index >= 15 is 0 Å². The fourth-order valence-corrected chi connectivity index (χ4v) is 4.41. The van der Waals surface area contributed by atoms with Gasteiger partial charge in [0.25, 0.3) is 15.9 Å². The van der Waals surface area contributed by atoms with E-state index in [1.165, 1.54) is 12.1 Å². The van der Waals surface area contributed by atoms with Crippen molar-refractivity contribution in [3.63, 3.8) is 0 Å². The Morgan fingerprint density at radius 2 is 1.83 bits per heavy atom. The molecule has 1 amide bonds. The van der Waals surface area contributed by atoms with E-state index in [4.69, 9.17) is 4.74 Å². The van der Waals surface area contributed by atoms with Gasteiger partial charge in [0.2, 0.25) is 0 Å². The van der Waals surface area contributed by atoms with Crippen LogP contribution in [0, 0.1) is 0 Å². The molecule has 0 radical (unpaired) electrons. The van der Waals surface area contributed by atoms with Gasteiger partial charge in [-0.2, -0.15) is 0 Å². The van der Waals surface area contributed by atoms with Crippen LogP contribution >= 0.6 is 15.9 Å². The molecule has 2 N–H and O–H groups in total. The first-order valence-electron chi connectivity index (χ1n) is 9.86. The maximum absolute atomic E-state index is 12.8. The van der Waals surface area contributed by atoms with Gasteiger partial charge in [-0.25, -0.2) is 8.42 Å². The number of likely N-dealkylation sites (N-methyl/N-ethyl adjacent to an activating group) is 1. The molecule has 0 fully saturated rings. The topological polar surface area (TPSA) is 87.7 Å². The zero-order chi connectivity index (χ0) is 22.1. The Balaban J connectivity index is 2.10. The van der Waals surface area contributed by atoms with E-state index in [0.717, 1.165) is 19.6 Å². The molecule has 2 aromatic rings. The summed E-state index contributed by atoms with van der Waals surface area (Å²) >= 11 is 3.37. The van der Waals surface area contributed by atoms with Crippen molar-refractivity contribution in [2.45, 2.75) is 25.7 Å². The van der Waals surface area contributed by atoms with Gasteiger partial charge in [-0.3, -0.25) is 9.52 Å². The van der Waals surface area contributed by atoms with Gasteiger partial charge in [0.1, 0.15) is 5.75 Å². The van der Waals surface area contributed by atoms with E-state index in [1.807, 2.05) is 6.92 Å². The summed E-state index contributed by atoms with van der Waals surface area (Å²) in [6, 6.07) is 10.9. The fourth-order valence-electron chi connectivity index (χ4n) is 2.82. The van der Waals surface area contributed by atoms with Crippen LogP contribution in [-0.4, -0.2) is 52.0 Å². The first kappa shape index (κ1) is 24.2. The second kappa shape index (κ2) is 11.3. The van der Waals surface area contributed by atoms with Crippen molar-refractivity contribution in [3.05, 3.63) is 52.5 Å². The molecule has 9 heteroatoms. The summed E-state index contributed by atoms with van der Waals surface area (Å²) < 4.78 is 34.2. The van der Waals surface area contributed by atoms with Gasteiger partial charge in [0, 0.05) is 18.7 Å². The third kappa shape index (κ3) is 6.72. The number of carbonyl (C=O) groups is 1. The molecule has 2 rings (SSSR count). The van der Waals surface area contributed by atoms with Gasteiger partial charge < -0.3 is 15.0 Å². The summed E-state index contributed by atoms with van der Waals surface area (Å²) in [7, 11) is -3.85. The summed E-state index contributed by atoms with van der Waals surface area (Å²) in [4.78, 5) is 14.6. The highest BCUT2D eigenvalue weighted by Gasteiger charge is 2.17. The van der Waals surface area contributed by atoms with Crippen molar-refractivity contribution >= 4 is 37.5 Å². The van der Waals surface area contributed by atoms with Gasteiger partial charge in [-0.1, -0.05) is 19.9 Å². The lowest BCUT2D eigenvalue weighted by Gasteiger charge is -2.18. The lowest BCUT2D eigenvalue weighted by atomic mass is 10.2. The van der Waals surface area contributed by atoms with Crippen LogP contribution in [0.15, 0.2) is 51.8 Å². The zero-order valence-electron chi connectivity index (χ0n) is 17.4. The maximum Gasteiger partial charge on any atom is 0.261 e. The van der Waals surface area contributed by atoms with Crippen molar-refractivity contribution in [1.29, 1.82) is 0 Å². The number of amides is 1. The minimum Gasteiger partial charge on any atom is -0.493 e. The number of anilines is 1. The monoisotopic (exact) mass is 497 g/mol. The molecule has 0 aliphatic heterocycles. The van der Waals surface area contributed by atoms with Gasteiger partial charge in [-0.05, 0) is 72.3 Å². The van der Waals surface area contributed by atoms with Gasteiger partial charge in [-0.15, -0.1) is 0 Å². The number of halogens is 1. The Morgan fingerprint density at radius 3 is 2.47 bits per heavy atom. The maximum atomic E-state index is 12.8. The van der Waals surface area contributed by atoms with E-state index in [1.54, 1.807) is 30.3 Å². The van der Waals surface area contributed by atoms with E-state index in [2.05, 4.69) is 44.7 Å². The van der Waals surface area contributed by atoms with E-state index < -0.39 is 10.0 Å². The number of sulfonamides is 1. The molecule has 0 aromatic heterocycles. The van der Waals surface area contributed by atoms with Crippen LogP contribution in [0.5, 0.6) is 5.75 Å². The number of carbonyl (C=O) groups excluding carboxylic acids is 1. The normalized spacial score (nSPS) is 11.4. The first-order valence-corrected chi connectivity index (χ1v) is 12.1. The molecular formula is C21H28BrN3O4S. The first-order chi connectivity index (χ1) is 14.3. The van der Waals surface area contributed by atoms with Crippen LogP contribution in [0.25, 0.3) is 0 Å². The number of nitrogens with zero attached hydrogens (tertiary/aromatic N) is 1. The molecule has 7 nitrogen and oxygen atoms in total. The van der Waals surface area contributed by atoms with Gasteiger partial charge in [0.05, 0.1) is 21.7 Å². The molecule has 0 atom stereocenters. The van der Waals surface area contributed by atoms with Crippen molar-refractivity contribution < 1.29 is 17.9 Å². The molecule has 0 spiro atoms. The summed E-state index contributed by atoms with van der Waals surface area (Å²) in [5.74, 6) is 0.326. The highest BCUT2D eigenvalue weighted by atomic mass is 79.9. The van der Waals surface area contributed by atoms with Gasteiger partial charge >= 0.3 is 0 Å². The summed E-state index contributed by atoms with van der Waals surface area (Å²) in [5.41, 5.74) is 0.685. The Labute approximate surface area is 187 Å². The second-order valence-corrected chi connectivity index (χ2v) is 9.03. The van der Waals surface area contributed by atoms with Crippen LogP contribution in [0.2, 0.25) is 0 Å². The summed E-state index contributed by atoms with van der Waals surface area (Å²) in [6.07, 6.45) is 0. The Morgan fingerprint density at radius 1 is 1.10 bits per heavy atom. The highest BCUT2D eigenvalue weighted by Crippen LogP contribution is 2.29. The quantitative estimate of drug-likeness (QED) is 0.493. The lowest BCUT2D eigenvalue weighted by molar-refractivity contribution is 0.0948. The predicted molar refractivity (Wildman–Crippen MR) is 123 cm³/mol. The van der Waals surface area contributed by atoms with E-state index in [9.17, 15) is 13.2 Å². The minimum absolute atomic E-state index is 0.0175. The van der Waals surface area contributed by atoms with Crippen molar-refractivity contribution in [3.8, 4) is 5.75 Å².